The minimum absolute atomic E-state index is 0.0391. The van der Waals surface area contributed by atoms with Gasteiger partial charge >= 0.3 is 5.69 Å². The highest BCUT2D eigenvalue weighted by atomic mass is 16.2. The molecule has 2 aliphatic rings. The lowest BCUT2D eigenvalue weighted by Crippen LogP contribution is -2.45. The molecule has 3 unspecified atom stereocenters. The van der Waals surface area contributed by atoms with E-state index in [1.807, 2.05) is 30.3 Å². The molecule has 1 aliphatic carbocycles. The average molecular weight is 370 g/mol. The van der Waals surface area contributed by atoms with Gasteiger partial charge in [-0.1, -0.05) is 30.3 Å². The number of aryl methyl sites for hydroxylation is 1. The van der Waals surface area contributed by atoms with Crippen molar-refractivity contribution < 1.29 is 4.79 Å². The topological polar surface area (TPSA) is 93.0 Å². The largest absolute Gasteiger partial charge is 0.352 e. The molecule has 1 saturated carbocycles. The molecule has 144 valence electrons. The number of benzene rings is 1. The fraction of sp³-hybridized carbons (Fsp3) is 0.526. The van der Waals surface area contributed by atoms with Crippen LogP contribution >= 0.6 is 0 Å². The number of rotatable bonds is 5. The number of hydrazine groups is 1. The Morgan fingerprint density at radius 3 is 2.93 bits per heavy atom. The van der Waals surface area contributed by atoms with Crippen molar-refractivity contribution in [3.05, 3.63) is 52.2 Å². The minimum Gasteiger partial charge on any atom is -0.352 e. The lowest BCUT2D eigenvalue weighted by molar-refractivity contribution is -0.122. The molecule has 8 nitrogen and oxygen atoms in total. The second-order valence-corrected chi connectivity index (χ2v) is 7.53. The molecule has 2 aromatic rings. The van der Waals surface area contributed by atoms with Crippen LogP contribution in [-0.4, -0.2) is 38.9 Å². The van der Waals surface area contributed by atoms with E-state index >= 15 is 0 Å². The van der Waals surface area contributed by atoms with Crippen LogP contribution in [0.2, 0.25) is 0 Å². The molecule has 2 heterocycles. The molecule has 1 aliphatic heterocycles. The number of nitrogens with zero attached hydrogens (tertiary/aromatic N) is 3. The average Bonchev–Trinajstić information content (AvgIpc) is 3.22. The molecule has 3 atom stereocenters. The molecule has 0 radical (unpaired) electrons. The minimum atomic E-state index is -0.251. The van der Waals surface area contributed by atoms with Gasteiger partial charge in [0.2, 0.25) is 5.91 Å². The third kappa shape index (κ3) is 3.96. The molecule has 1 aromatic carbocycles. The Balaban J connectivity index is 1.38. The molecule has 4 rings (SSSR count). The zero-order valence-electron chi connectivity index (χ0n) is 15.5. The Hall–Kier alpha value is -2.45. The van der Waals surface area contributed by atoms with E-state index in [2.05, 4.69) is 21.3 Å². The van der Waals surface area contributed by atoms with Crippen LogP contribution in [0, 0.1) is 12.8 Å². The first-order valence-corrected chi connectivity index (χ1v) is 9.56. The highest BCUT2D eigenvalue weighted by Crippen LogP contribution is 2.26. The monoisotopic (exact) mass is 370 g/mol. The summed E-state index contributed by atoms with van der Waals surface area (Å²) in [5, 5.41) is 7.36. The highest BCUT2D eigenvalue weighted by molar-refractivity contribution is 5.75. The van der Waals surface area contributed by atoms with E-state index in [-0.39, 0.29) is 24.2 Å². The Morgan fingerprint density at radius 2 is 2.11 bits per heavy atom. The predicted molar refractivity (Wildman–Crippen MR) is 101 cm³/mol. The molecule has 8 heteroatoms. The van der Waals surface area contributed by atoms with Crippen LogP contribution in [0.25, 0.3) is 0 Å². The highest BCUT2D eigenvalue weighted by Gasteiger charge is 2.34. The van der Waals surface area contributed by atoms with Gasteiger partial charge < -0.3 is 5.32 Å². The van der Waals surface area contributed by atoms with E-state index < -0.39 is 0 Å². The zero-order valence-corrected chi connectivity index (χ0v) is 15.5. The summed E-state index contributed by atoms with van der Waals surface area (Å²) >= 11 is 0. The number of amides is 1. The van der Waals surface area contributed by atoms with Crippen LogP contribution in [0.3, 0.4) is 0 Å². The van der Waals surface area contributed by atoms with Crippen molar-refractivity contribution in [1.82, 2.24) is 30.5 Å². The van der Waals surface area contributed by atoms with E-state index in [0.717, 1.165) is 31.4 Å². The van der Waals surface area contributed by atoms with Gasteiger partial charge in [0.05, 0.1) is 6.54 Å². The normalized spacial score (nSPS) is 24.6. The van der Waals surface area contributed by atoms with E-state index in [1.165, 1.54) is 4.68 Å². The van der Waals surface area contributed by atoms with E-state index in [0.29, 0.717) is 24.3 Å². The van der Waals surface area contributed by atoms with E-state index in [1.54, 1.807) is 11.5 Å². The van der Waals surface area contributed by atoms with Crippen molar-refractivity contribution in [2.24, 2.45) is 5.92 Å². The fourth-order valence-electron chi connectivity index (χ4n) is 4.14. The van der Waals surface area contributed by atoms with Crippen molar-refractivity contribution in [2.45, 2.75) is 51.4 Å². The Kier molecular flexibility index (Phi) is 5.09. The van der Waals surface area contributed by atoms with E-state index in [4.69, 9.17) is 0 Å². The van der Waals surface area contributed by atoms with Gasteiger partial charge in [0, 0.05) is 18.6 Å². The smallest absolute Gasteiger partial charge is 0.346 e. The Bertz CT molecular complexity index is 859. The van der Waals surface area contributed by atoms with Crippen LogP contribution in [0.4, 0.5) is 0 Å². The lowest BCUT2D eigenvalue weighted by atomic mass is 9.83. The summed E-state index contributed by atoms with van der Waals surface area (Å²) in [5.74, 6) is 1.02. The molecule has 27 heavy (non-hydrogen) atoms. The van der Waals surface area contributed by atoms with Gasteiger partial charge in [-0.05, 0) is 37.7 Å². The summed E-state index contributed by atoms with van der Waals surface area (Å²) in [7, 11) is 0. The summed E-state index contributed by atoms with van der Waals surface area (Å²) < 4.78 is 2.86. The predicted octanol–water partition coefficient (Wildman–Crippen LogP) is 0.163. The molecule has 1 saturated heterocycles. The van der Waals surface area contributed by atoms with Crippen LogP contribution in [0.15, 0.2) is 35.1 Å². The summed E-state index contributed by atoms with van der Waals surface area (Å²) in [6.45, 7) is 3.15. The SMILES string of the molecule is Cc1nn(CC(=O)NC2CCC3NNCC3C2)c(=O)n1Cc1ccccc1. The molecular weight excluding hydrogens is 344 g/mol. The standard InChI is InChI=1S/C19H26N6O2/c1-13-23-25(19(27)24(13)11-14-5-3-2-4-6-14)12-18(26)21-16-7-8-17-15(9-16)10-20-22-17/h2-6,15-17,20,22H,7-12H2,1H3,(H,21,26). The molecule has 3 N–H and O–H groups in total. The van der Waals surface area contributed by atoms with Gasteiger partial charge in [0.25, 0.3) is 0 Å². The van der Waals surface area contributed by atoms with Crippen LogP contribution in [0.1, 0.15) is 30.7 Å². The maximum Gasteiger partial charge on any atom is 0.346 e. The second-order valence-electron chi connectivity index (χ2n) is 7.53. The molecular formula is C19H26N6O2. The van der Waals surface area contributed by atoms with Gasteiger partial charge in [-0.15, -0.1) is 0 Å². The number of carbonyl (C=O) groups is 1. The van der Waals surface area contributed by atoms with Crippen LogP contribution < -0.4 is 21.9 Å². The first-order valence-electron chi connectivity index (χ1n) is 9.56. The molecule has 1 amide bonds. The van der Waals surface area contributed by atoms with Gasteiger partial charge in [-0.2, -0.15) is 5.10 Å². The van der Waals surface area contributed by atoms with Crippen LogP contribution in [0.5, 0.6) is 0 Å². The van der Waals surface area contributed by atoms with Gasteiger partial charge in [0.1, 0.15) is 12.4 Å². The summed E-state index contributed by atoms with van der Waals surface area (Å²) in [4.78, 5) is 25.1. The first kappa shape index (κ1) is 17.9. The summed E-state index contributed by atoms with van der Waals surface area (Å²) in [6, 6.07) is 10.5. The Labute approximate surface area is 157 Å². The first-order chi connectivity index (χ1) is 13.1. The zero-order chi connectivity index (χ0) is 18.8. The molecule has 1 aromatic heterocycles. The summed E-state index contributed by atoms with van der Waals surface area (Å²) in [6.07, 6.45) is 2.97. The van der Waals surface area contributed by atoms with Crippen molar-refractivity contribution in [3.8, 4) is 0 Å². The maximum absolute atomic E-state index is 12.6. The quantitative estimate of drug-likeness (QED) is 0.697. The number of hydrogen-bond acceptors (Lipinski definition) is 5. The second kappa shape index (κ2) is 7.66. The number of carbonyl (C=O) groups excluding carboxylic acids is 1. The number of aromatic nitrogens is 3. The number of fused-ring (bicyclic) bond motifs is 1. The number of hydrogen-bond donors (Lipinski definition) is 3. The van der Waals surface area contributed by atoms with Gasteiger partial charge in [-0.25, -0.2) is 9.48 Å². The van der Waals surface area contributed by atoms with Gasteiger partial charge in [-0.3, -0.25) is 20.2 Å². The third-order valence-corrected chi connectivity index (χ3v) is 5.58. The number of nitrogens with one attached hydrogen (secondary N) is 3. The Morgan fingerprint density at radius 1 is 1.30 bits per heavy atom. The van der Waals surface area contributed by atoms with Crippen molar-refractivity contribution in [1.29, 1.82) is 0 Å². The lowest BCUT2D eigenvalue weighted by Gasteiger charge is -2.31. The molecule has 0 bridgehead atoms. The van der Waals surface area contributed by atoms with Crippen molar-refractivity contribution >= 4 is 5.91 Å². The van der Waals surface area contributed by atoms with Crippen molar-refractivity contribution in [2.75, 3.05) is 6.54 Å². The molecule has 2 fully saturated rings. The van der Waals surface area contributed by atoms with Crippen molar-refractivity contribution in [3.63, 3.8) is 0 Å². The summed E-state index contributed by atoms with van der Waals surface area (Å²) in [5.41, 5.74) is 7.26. The maximum atomic E-state index is 12.6. The molecule has 0 spiro atoms. The van der Waals surface area contributed by atoms with E-state index in [9.17, 15) is 9.59 Å². The van der Waals surface area contributed by atoms with Crippen LogP contribution in [-0.2, 0) is 17.9 Å². The third-order valence-electron chi connectivity index (χ3n) is 5.58. The fourth-order valence-corrected chi connectivity index (χ4v) is 4.14. The van der Waals surface area contributed by atoms with Gasteiger partial charge in [0.15, 0.2) is 0 Å².